The molecule has 31 heavy (non-hydrogen) atoms. The van der Waals surface area contributed by atoms with Gasteiger partial charge in [-0.05, 0) is 24.3 Å². The average molecular weight is 444 g/mol. The maximum Gasteiger partial charge on any atom is 0.234 e. The summed E-state index contributed by atoms with van der Waals surface area (Å²) in [6.07, 6.45) is -0.192. The number of fused-ring (bicyclic) bond motifs is 1. The molecule has 2 amide bonds. The van der Waals surface area contributed by atoms with Gasteiger partial charge in [0.15, 0.2) is 11.5 Å². The molecule has 2 saturated heterocycles. The Labute approximate surface area is 184 Å². The van der Waals surface area contributed by atoms with Gasteiger partial charge in [-0.3, -0.25) is 19.9 Å². The number of amides is 2. The number of para-hydroxylation sites is 1. The third kappa shape index (κ3) is 4.71. The predicted molar refractivity (Wildman–Crippen MR) is 120 cm³/mol. The van der Waals surface area contributed by atoms with E-state index in [1.54, 1.807) is 32.4 Å². The maximum atomic E-state index is 12.6. The van der Waals surface area contributed by atoms with Crippen LogP contribution in [0, 0.1) is 5.92 Å². The van der Waals surface area contributed by atoms with Gasteiger partial charge in [0.25, 0.3) is 0 Å². The van der Waals surface area contributed by atoms with Gasteiger partial charge in [0, 0.05) is 18.3 Å². The number of nitrogens with zero attached hydrogens (tertiary/aromatic N) is 1. The number of ether oxygens (including phenoxy) is 2. The van der Waals surface area contributed by atoms with E-state index in [2.05, 4.69) is 21.4 Å². The molecule has 0 aliphatic carbocycles. The predicted octanol–water partition coefficient (Wildman–Crippen LogP) is 1.35. The Bertz CT molecular complexity index is 945. The van der Waals surface area contributed by atoms with Crippen molar-refractivity contribution in [1.29, 1.82) is 0 Å². The highest BCUT2D eigenvalue weighted by Gasteiger charge is 2.44. The standard InChI is InChI=1S/C21H25N5O4S/c1-29-16-9-8-13(10-17(16)30-2)23-18(27)12-31-21-24-19-15(20(28)25-21)11-22-26(19)14-6-4-3-5-7-14/h3-10,15,19,21-22,24H,11-12H2,1-2H3,(H,23,27)(H,25,28). The largest absolute Gasteiger partial charge is 0.493 e. The summed E-state index contributed by atoms with van der Waals surface area (Å²) in [5.41, 5.74) is 4.49. The quantitative estimate of drug-likeness (QED) is 0.509. The van der Waals surface area contributed by atoms with E-state index in [4.69, 9.17) is 9.47 Å². The number of carbonyl (C=O) groups is 2. The zero-order valence-electron chi connectivity index (χ0n) is 17.3. The number of carbonyl (C=O) groups excluding carboxylic acids is 2. The smallest absolute Gasteiger partial charge is 0.234 e. The van der Waals surface area contributed by atoms with Crippen molar-refractivity contribution in [3.8, 4) is 11.5 Å². The molecular weight excluding hydrogens is 418 g/mol. The molecule has 9 nitrogen and oxygen atoms in total. The highest BCUT2D eigenvalue weighted by molar-refractivity contribution is 8.00. The van der Waals surface area contributed by atoms with Crippen LogP contribution in [0.4, 0.5) is 11.4 Å². The number of methoxy groups -OCH3 is 2. The van der Waals surface area contributed by atoms with Crippen LogP contribution in [-0.4, -0.2) is 50.0 Å². The van der Waals surface area contributed by atoms with Crippen LogP contribution in [-0.2, 0) is 9.59 Å². The molecule has 2 aliphatic heterocycles. The molecule has 2 fully saturated rings. The van der Waals surface area contributed by atoms with Crippen molar-refractivity contribution >= 4 is 35.0 Å². The van der Waals surface area contributed by atoms with Crippen molar-refractivity contribution < 1.29 is 19.1 Å². The number of benzene rings is 2. The summed E-state index contributed by atoms with van der Waals surface area (Å²) in [4.78, 5) is 25.0. The van der Waals surface area contributed by atoms with E-state index in [0.717, 1.165) is 5.69 Å². The fourth-order valence-corrected chi connectivity index (χ4v) is 4.47. The average Bonchev–Trinajstić information content (AvgIpc) is 3.23. The van der Waals surface area contributed by atoms with Crippen molar-refractivity contribution in [2.24, 2.45) is 5.92 Å². The summed E-state index contributed by atoms with van der Waals surface area (Å²) in [5.74, 6) is 0.870. The Morgan fingerprint density at radius 1 is 1.16 bits per heavy atom. The van der Waals surface area contributed by atoms with Crippen LogP contribution in [0.2, 0.25) is 0 Å². The van der Waals surface area contributed by atoms with Crippen LogP contribution in [0.5, 0.6) is 11.5 Å². The molecular formula is C21H25N5O4S. The van der Waals surface area contributed by atoms with Gasteiger partial charge in [0.05, 0.1) is 31.6 Å². The minimum Gasteiger partial charge on any atom is -0.493 e. The van der Waals surface area contributed by atoms with Crippen LogP contribution >= 0.6 is 11.8 Å². The number of thioether (sulfide) groups is 1. The Kier molecular flexibility index (Phi) is 6.50. The van der Waals surface area contributed by atoms with Gasteiger partial charge in [-0.1, -0.05) is 18.2 Å². The summed E-state index contributed by atoms with van der Waals surface area (Å²) < 4.78 is 10.5. The van der Waals surface area contributed by atoms with Gasteiger partial charge in [0.2, 0.25) is 11.8 Å². The Morgan fingerprint density at radius 3 is 2.68 bits per heavy atom. The van der Waals surface area contributed by atoms with Crippen molar-refractivity contribution in [1.82, 2.24) is 16.1 Å². The Hall–Kier alpha value is -2.95. The van der Waals surface area contributed by atoms with E-state index in [1.165, 1.54) is 11.8 Å². The van der Waals surface area contributed by atoms with Gasteiger partial charge < -0.3 is 20.1 Å². The molecule has 3 unspecified atom stereocenters. The van der Waals surface area contributed by atoms with Gasteiger partial charge in [-0.15, -0.1) is 11.8 Å². The fraction of sp³-hybridized carbons (Fsp3) is 0.333. The molecule has 3 atom stereocenters. The second kappa shape index (κ2) is 9.46. The van der Waals surface area contributed by atoms with Gasteiger partial charge in [-0.2, -0.15) is 0 Å². The first kappa shape index (κ1) is 21.3. The van der Waals surface area contributed by atoms with Gasteiger partial charge in [-0.25, -0.2) is 5.43 Å². The van der Waals surface area contributed by atoms with E-state index >= 15 is 0 Å². The number of hydrazine groups is 1. The van der Waals surface area contributed by atoms with Crippen LogP contribution in [0.25, 0.3) is 0 Å². The van der Waals surface area contributed by atoms with E-state index < -0.39 is 0 Å². The minimum absolute atomic E-state index is 0.0347. The van der Waals surface area contributed by atoms with Gasteiger partial charge >= 0.3 is 0 Å². The first-order valence-corrected chi connectivity index (χ1v) is 10.9. The van der Waals surface area contributed by atoms with E-state index in [9.17, 15) is 9.59 Å². The molecule has 4 N–H and O–H groups in total. The van der Waals surface area contributed by atoms with Crippen molar-refractivity contribution in [3.63, 3.8) is 0 Å². The van der Waals surface area contributed by atoms with Crippen LogP contribution in [0.3, 0.4) is 0 Å². The third-order valence-corrected chi connectivity index (χ3v) is 6.17. The molecule has 2 aromatic rings. The molecule has 0 saturated carbocycles. The van der Waals surface area contributed by atoms with Crippen LogP contribution in [0.15, 0.2) is 48.5 Å². The molecule has 0 radical (unpaired) electrons. The summed E-state index contributed by atoms with van der Waals surface area (Å²) >= 11 is 1.33. The third-order valence-electron chi connectivity index (χ3n) is 5.16. The van der Waals surface area contributed by atoms with Crippen LogP contribution in [0.1, 0.15) is 0 Å². The molecule has 2 aromatic carbocycles. The lowest BCUT2D eigenvalue weighted by molar-refractivity contribution is -0.127. The number of anilines is 2. The summed E-state index contributed by atoms with van der Waals surface area (Å²) in [6, 6.07) is 15.0. The second-order valence-electron chi connectivity index (χ2n) is 7.10. The first-order valence-electron chi connectivity index (χ1n) is 9.86. The van der Waals surface area contributed by atoms with Gasteiger partial charge in [0.1, 0.15) is 11.7 Å². The molecule has 2 heterocycles. The summed E-state index contributed by atoms with van der Waals surface area (Å²) in [6.45, 7) is 0.551. The SMILES string of the molecule is COc1ccc(NC(=O)CSC2NC(=O)C3CNN(c4ccccc4)C3N2)cc1OC. The number of nitrogens with one attached hydrogen (secondary N) is 4. The molecule has 164 valence electrons. The minimum atomic E-state index is -0.379. The topological polar surface area (TPSA) is 104 Å². The lowest BCUT2D eigenvalue weighted by Gasteiger charge is -2.37. The van der Waals surface area contributed by atoms with E-state index in [1.807, 2.05) is 35.3 Å². The van der Waals surface area contributed by atoms with Crippen molar-refractivity contribution in [3.05, 3.63) is 48.5 Å². The molecule has 10 heteroatoms. The maximum absolute atomic E-state index is 12.6. The molecule has 4 rings (SSSR count). The monoisotopic (exact) mass is 443 g/mol. The molecule has 0 spiro atoms. The molecule has 0 bridgehead atoms. The zero-order valence-corrected chi connectivity index (χ0v) is 18.1. The number of hydrogen-bond donors (Lipinski definition) is 4. The number of rotatable bonds is 7. The van der Waals surface area contributed by atoms with Crippen molar-refractivity contribution in [2.75, 3.05) is 36.8 Å². The van der Waals surface area contributed by atoms with E-state index in [-0.39, 0.29) is 35.1 Å². The Balaban J connectivity index is 1.34. The number of hydrogen-bond acceptors (Lipinski definition) is 8. The lowest BCUT2D eigenvalue weighted by Crippen LogP contribution is -2.63. The van der Waals surface area contributed by atoms with Crippen LogP contribution < -0.4 is 35.9 Å². The fourth-order valence-electron chi connectivity index (χ4n) is 3.65. The second-order valence-corrected chi connectivity index (χ2v) is 8.20. The first-order chi connectivity index (χ1) is 15.1. The normalized spacial score (nSPS) is 22.5. The Morgan fingerprint density at radius 2 is 1.94 bits per heavy atom. The highest BCUT2D eigenvalue weighted by Crippen LogP contribution is 2.30. The summed E-state index contributed by atoms with van der Waals surface area (Å²) in [7, 11) is 3.10. The lowest BCUT2D eigenvalue weighted by atomic mass is 10.1. The molecule has 0 aromatic heterocycles. The zero-order chi connectivity index (χ0) is 21.8. The van der Waals surface area contributed by atoms with Crippen molar-refractivity contribution in [2.45, 2.75) is 11.7 Å². The van der Waals surface area contributed by atoms with E-state index in [0.29, 0.717) is 23.7 Å². The highest BCUT2D eigenvalue weighted by atomic mass is 32.2. The summed E-state index contributed by atoms with van der Waals surface area (Å²) in [5, 5.41) is 11.2. The molecule has 2 aliphatic rings.